The van der Waals surface area contributed by atoms with Crippen molar-refractivity contribution in [3.05, 3.63) is 60.4 Å². The maximum atomic E-state index is 12.0. The highest BCUT2D eigenvalue weighted by Crippen LogP contribution is 2.48. The molecule has 3 heterocycles. The highest BCUT2D eigenvalue weighted by Gasteiger charge is 2.44. The molecule has 3 N–H and O–H groups in total. The van der Waals surface area contributed by atoms with E-state index in [0.29, 0.717) is 17.3 Å². The molecule has 174 valence electrons. The van der Waals surface area contributed by atoms with E-state index in [1.807, 2.05) is 13.8 Å². The lowest BCUT2D eigenvalue weighted by atomic mass is 9.64. The molecule has 10 nitrogen and oxygen atoms in total. The van der Waals surface area contributed by atoms with Crippen molar-refractivity contribution in [2.75, 3.05) is 5.73 Å². The van der Waals surface area contributed by atoms with E-state index in [1.165, 1.54) is 0 Å². The van der Waals surface area contributed by atoms with Crippen LogP contribution in [-0.4, -0.2) is 41.8 Å². The van der Waals surface area contributed by atoms with Crippen LogP contribution >= 0.6 is 0 Å². The summed E-state index contributed by atoms with van der Waals surface area (Å²) in [5.74, 6) is 1.22. The normalized spacial score (nSPS) is 14.7. The number of nitrogens with one attached hydrogen (secondary N) is 1. The molecule has 10 heteroatoms. The van der Waals surface area contributed by atoms with Crippen LogP contribution in [0.1, 0.15) is 44.5 Å². The van der Waals surface area contributed by atoms with Crippen molar-refractivity contribution < 1.29 is 9.32 Å². The van der Waals surface area contributed by atoms with Crippen LogP contribution in [0.3, 0.4) is 0 Å². The van der Waals surface area contributed by atoms with Gasteiger partial charge in [-0.25, -0.2) is 9.97 Å². The van der Waals surface area contributed by atoms with Gasteiger partial charge >= 0.3 is 0 Å². The predicted molar refractivity (Wildman–Crippen MR) is 125 cm³/mol. The van der Waals surface area contributed by atoms with Crippen LogP contribution in [0.5, 0.6) is 0 Å². The summed E-state index contributed by atoms with van der Waals surface area (Å²) in [5, 5.41) is 11.4. The lowest BCUT2D eigenvalue weighted by Crippen LogP contribution is -2.36. The lowest BCUT2D eigenvalue weighted by molar-refractivity contribution is -0.122. The van der Waals surface area contributed by atoms with Gasteiger partial charge in [-0.05, 0) is 37.8 Å². The molecule has 1 saturated carbocycles. The van der Waals surface area contributed by atoms with Crippen LogP contribution in [0, 0.1) is 0 Å². The van der Waals surface area contributed by atoms with Crippen LogP contribution in [0.4, 0.5) is 5.95 Å². The summed E-state index contributed by atoms with van der Waals surface area (Å²) in [5.41, 5.74) is 9.07. The number of nitrogens with two attached hydrogens (primary N) is 1. The van der Waals surface area contributed by atoms with Gasteiger partial charge in [-0.2, -0.15) is 10.1 Å². The van der Waals surface area contributed by atoms with Crippen molar-refractivity contribution in [3.63, 3.8) is 0 Å². The molecule has 0 atom stereocenters. The number of aromatic nitrogens is 6. The minimum atomic E-state index is -0.273. The number of hydrogen-bond acceptors (Lipinski definition) is 8. The minimum Gasteiger partial charge on any atom is -0.368 e. The molecule has 0 unspecified atom stereocenters. The minimum absolute atomic E-state index is 0.0774. The number of benzene rings is 1. The average molecular weight is 459 g/mol. The lowest BCUT2D eigenvalue weighted by Gasteiger charge is -2.39. The molecule has 3 aromatic heterocycles. The van der Waals surface area contributed by atoms with E-state index in [1.54, 1.807) is 29.5 Å². The second-order valence-electron chi connectivity index (χ2n) is 8.91. The number of nitrogens with zero attached hydrogens (tertiary/aromatic N) is 6. The van der Waals surface area contributed by atoms with Gasteiger partial charge in [-0.3, -0.25) is 9.48 Å². The summed E-state index contributed by atoms with van der Waals surface area (Å²) < 4.78 is 7.16. The van der Waals surface area contributed by atoms with E-state index in [0.717, 1.165) is 36.0 Å². The maximum Gasteiger partial charge on any atom is 0.261 e. The summed E-state index contributed by atoms with van der Waals surface area (Å²) in [4.78, 5) is 24.9. The molecular weight excluding hydrogens is 432 g/mol. The Kier molecular flexibility index (Phi) is 5.56. The fraction of sp³-hybridized carbons (Fsp3) is 0.333. The first-order valence-corrected chi connectivity index (χ1v) is 11.3. The van der Waals surface area contributed by atoms with Gasteiger partial charge in [0.1, 0.15) is 6.54 Å². The van der Waals surface area contributed by atoms with E-state index in [-0.39, 0.29) is 29.9 Å². The average Bonchev–Trinajstić information content (AvgIpc) is 3.44. The second kappa shape index (κ2) is 8.69. The number of carbonyl (C=O) groups is 1. The molecule has 1 amide bonds. The molecule has 5 rings (SSSR count). The van der Waals surface area contributed by atoms with E-state index in [9.17, 15) is 4.79 Å². The van der Waals surface area contributed by atoms with Crippen molar-refractivity contribution in [3.8, 4) is 22.6 Å². The Labute approximate surface area is 196 Å². The van der Waals surface area contributed by atoms with Gasteiger partial charge in [0.05, 0.1) is 17.2 Å². The van der Waals surface area contributed by atoms with Gasteiger partial charge in [0, 0.05) is 30.2 Å². The summed E-state index contributed by atoms with van der Waals surface area (Å²) in [7, 11) is 0. The Bertz CT molecular complexity index is 1290. The number of nitrogen functional groups attached to an aromatic ring is 1. The number of hydrogen-bond donors (Lipinski definition) is 2. The molecule has 1 aliphatic rings. The molecule has 4 aromatic rings. The molecule has 34 heavy (non-hydrogen) atoms. The zero-order chi connectivity index (χ0) is 23.7. The zero-order valence-corrected chi connectivity index (χ0v) is 19.1. The second-order valence-corrected chi connectivity index (χ2v) is 8.91. The summed E-state index contributed by atoms with van der Waals surface area (Å²) in [6.45, 7) is 3.97. The highest BCUT2D eigenvalue weighted by atomic mass is 16.5. The van der Waals surface area contributed by atoms with Gasteiger partial charge in [0.15, 0.2) is 5.82 Å². The number of carbonyl (C=O) groups excluding carboxylic acids is 1. The Morgan fingerprint density at radius 2 is 1.85 bits per heavy atom. The van der Waals surface area contributed by atoms with Crippen molar-refractivity contribution in [2.45, 2.75) is 51.1 Å². The van der Waals surface area contributed by atoms with Crippen LogP contribution in [0.2, 0.25) is 0 Å². The standard InChI is InChI=1S/C24H26N8O2/c1-15(2)29-20(33)14-32-13-18(12-28-32)21-30-22(31-34-21)24(8-3-9-24)19-6-4-16(5-7-19)17-10-26-23(25)27-11-17/h4-7,10-13,15H,3,8-9,14H2,1-2H3,(H,29,33)(H2,25,26,27). The van der Waals surface area contributed by atoms with E-state index < -0.39 is 0 Å². The van der Waals surface area contributed by atoms with E-state index in [4.69, 9.17) is 15.2 Å². The Morgan fingerprint density at radius 3 is 2.50 bits per heavy atom. The quantitative estimate of drug-likeness (QED) is 0.431. The largest absolute Gasteiger partial charge is 0.368 e. The number of rotatable bonds is 7. The highest BCUT2D eigenvalue weighted by molar-refractivity contribution is 5.76. The number of amides is 1. The third-order valence-corrected chi connectivity index (χ3v) is 6.14. The Morgan fingerprint density at radius 1 is 1.12 bits per heavy atom. The van der Waals surface area contributed by atoms with E-state index in [2.05, 4.69) is 49.8 Å². The molecule has 0 aliphatic heterocycles. The fourth-order valence-corrected chi connectivity index (χ4v) is 4.25. The third kappa shape index (κ3) is 4.14. The van der Waals surface area contributed by atoms with Crippen LogP contribution < -0.4 is 11.1 Å². The zero-order valence-electron chi connectivity index (χ0n) is 19.1. The number of anilines is 1. The monoisotopic (exact) mass is 458 g/mol. The molecule has 1 fully saturated rings. The first-order chi connectivity index (χ1) is 16.4. The molecular formula is C24H26N8O2. The summed E-state index contributed by atoms with van der Waals surface area (Å²) in [6.07, 6.45) is 9.81. The molecule has 0 saturated heterocycles. The van der Waals surface area contributed by atoms with Gasteiger partial charge in [-0.1, -0.05) is 35.8 Å². The Hall–Kier alpha value is -4.08. The van der Waals surface area contributed by atoms with Gasteiger partial charge in [0.2, 0.25) is 11.9 Å². The van der Waals surface area contributed by atoms with Crippen molar-refractivity contribution in [1.82, 2.24) is 35.2 Å². The first kappa shape index (κ1) is 21.7. The Balaban J connectivity index is 1.35. The van der Waals surface area contributed by atoms with Crippen LogP contribution in [0.25, 0.3) is 22.6 Å². The molecule has 0 bridgehead atoms. The molecule has 1 aliphatic carbocycles. The van der Waals surface area contributed by atoms with Crippen LogP contribution in [-0.2, 0) is 16.8 Å². The van der Waals surface area contributed by atoms with Crippen molar-refractivity contribution >= 4 is 11.9 Å². The summed E-state index contributed by atoms with van der Waals surface area (Å²) in [6, 6.07) is 8.39. The topological polar surface area (TPSA) is 138 Å². The summed E-state index contributed by atoms with van der Waals surface area (Å²) >= 11 is 0. The van der Waals surface area contributed by atoms with E-state index >= 15 is 0 Å². The maximum absolute atomic E-state index is 12.0. The van der Waals surface area contributed by atoms with Gasteiger partial charge < -0.3 is 15.6 Å². The van der Waals surface area contributed by atoms with Gasteiger partial charge in [-0.15, -0.1) is 0 Å². The molecule has 0 radical (unpaired) electrons. The first-order valence-electron chi connectivity index (χ1n) is 11.3. The predicted octanol–water partition coefficient (Wildman–Crippen LogP) is 2.97. The SMILES string of the molecule is CC(C)NC(=O)Cn1cc(-c2nc(C3(c4ccc(-c5cnc(N)nc5)cc4)CCC3)no2)cn1. The third-order valence-electron chi connectivity index (χ3n) is 6.14. The van der Waals surface area contributed by atoms with Crippen molar-refractivity contribution in [2.24, 2.45) is 0 Å². The molecule has 1 aromatic carbocycles. The fourth-order valence-electron chi connectivity index (χ4n) is 4.25. The van der Waals surface area contributed by atoms with Gasteiger partial charge in [0.25, 0.3) is 5.89 Å². The smallest absolute Gasteiger partial charge is 0.261 e. The van der Waals surface area contributed by atoms with Crippen molar-refractivity contribution in [1.29, 1.82) is 0 Å². The van der Waals surface area contributed by atoms with Crippen LogP contribution in [0.15, 0.2) is 53.6 Å². The molecule has 0 spiro atoms.